The van der Waals surface area contributed by atoms with E-state index in [1.165, 1.54) is 18.2 Å². The van der Waals surface area contributed by atoms with Gasteiger partial charge in [-0.3, -0.25) is 0 Å². The van der Waals surface area contributed by atoms with Gasteiger partial charge in [-0.05, 0) is 35.8 Å². The SMILES string of the molecule is CC(C)c1ccccc1N=C(C=C(N)C(=O)O)c1nnc(-c2cccc(S(C)(=O)=O)c2)s1. The van der Waals surface area contributed by atoms with Crippen LogP contribution in [0.5, 0.6) is 0 Å². The van der Waals surface area contributed by atoms with Crippen LogP contribution in [0.25, 0.3) is 10.6 Å². The van der Waals surface area contributed by atoms with Crippen LogP contribution in [-0.2, 0) is 14.6 Å². The van der Waals surface area contributed by atoms with Crippen molar-refractivity contribution in [1.29, 1.82) is 0 Å². The van der Waals surface area contributed by atoms with Crippen molar-refractivity contribution in [2.75, 3.05) is 6.26 Å². The Bertz CT molecular complexity index is 1320. The largest absolute Gasteiger partial charge is 0.477 e. The number of carboxylic acids is 1. The lowest BCUT2D eigenvalue weighted by Gasteiger charge is -2.09. The molecule has 1 heterocycles. The number of benzene rings is 2. The minimum absolute atomic E-state index is 0.168. The van der Waals surface area contributed by atoms with E-state index in [1.807, 2.05) is 38.1 Å². The second kappa shape index (κ2) is 9.41. The molecule has 0 saturated carbocycles. The number of rotatable bonds is 7. The van der Waals surface area contributed by atoms with Crippen LogP contribution in [0, 0.1) is 0 Å². The Balaban J connectivity index is 2.12. The van der Waals surface area contributed by atoms with E-state index < -0.39 is 15.8 Å². The lowest BCUT2D eigenvalue weighted by molar-refractivity contribution is -0.132. The summed E-state index contributed by atoms with van der Waals surface area (Å²) in [6.45, 7) is 4.07. The summed E-state index contributed by atoms with van der Waals surface area (Å²) in [7, 11) is -3.38. The topological polar surface area (TPSA) is 136 Å². The summed E-state index contributed by atoms with van der Waals surface area (Å²) in [5, 5.41) is 18.4. The first-order chi connectivity index (χ1) is 15.1. The number of hydrogen-bond donors (Lipinski definition) is 2. The van der Waals surface area contributed by atoms with E-state index in [0.29, 0.717) is 21.3 Å². The number of para-hydroxylation sites is 1. The summed E-state index contributed by atoms with van der Waals surface area (Å²) in [4.78, 5) is 16.1. The molecule has 0 atom stereocenters. The van der Waals surface area contributed by atoms with Crippen molar-refractivity contribution < 1.29 is 18.3 Å². The van der Waals surface area contributed by atoms with E-state index in [1.54, 1.807) is 12.1 Å². The van der Waals surface area contributed by atoms with Gasteiger partial charge in [0.1, 0.15) is 16.4 Å². The van der Waals surface area contributed by atoms with Crippen molar-refractivity contribution in [2.24, 2.45) is 10.7 Å². The summed E-state index contributed by atoms with van der Waals surface area (Å²) in [6, 6.07) is 13.9. The van der Waals surface area contributed by atoms with Crippen LogP contribution in [0.15, 0.2) is 70.2 Å². The van der Waals surface area contributed by atoms with Crippen LogP contribution in [0.3, 0.4) is 0 Å². The molecule has 0 unspecified atom stereocenters. The first-order valence-corrected chi connectivity index (χ1v) is 12.3. The molecule has 3 aromatic rings. The number of hydrogen-bond acceptors (Lipinski definition) is 8. The zero-order valence-electron chi connectivity index (χ0n) is 17.7. The third-order valence-corrected chi connectivity index (χ3v) is 6.60. The number of aliphatic carboxylic acids is 1. The molecule has 3 N–H and O–H groups in total. The summed E-state index contributed by atoms with van der Waals surface area (Å²) >= 11 is 1.16. The lowest BCUT2D eigenvalue weighted by atomic mass is 10.0. The molecule has 32 heavy (non-hydrogen) atoms. The fraction of sp³-hybridized carbons (Fsp3) is 0.182. The van der Waals surface area contributed by atoms with Crippen LogP contribution in [-0.4, -0.2) is 41.7 Å². The first kappa shape index (κ1) is 23.3. The second-order valence-electron chi connectivity index (χ2n) is 7.33. The van der Waals surface area contributed by atoms with Gasteiger partial charge in [0.05, 0.1) is 10.6 Å². The maximum Gasteiger partial charge on any atom is 0.351 e. The number of nitrogens with two attached hydrogens (primary N) is 1. The van der Waals surface area contributed by atoms with Crippen LogP contribution >= 0.6 is 11.3 Å². The Morgan fingerprint density at radius 1 is 1.16 bits per heavy atom. The van der Waals surface area contributed by atoms with Gasteiger partial charge in [-0.2, -0.15) is 0 Å². The van der Waals surface area contributed by atoms with E-state index in [4.69, 9.17) is 5.73 Å². The molecule has 3 rings (SSSR count). The van der Waals surface area contributed by atoms with Crippen molar-refractivity contribution in [3.63, 3.8) is 0 Å². The fourth-order valence-electron chi connectivity index (χ4n) is 2.86. The number of aliphatic imine (C=N–C) groups is 1. The molecule has 0 radical (unpaired) electrons. The van der Waals surface area contributed by atoms with Gasteiger partial charge in [-0.25, -0.2) is 18.2 Å². The summed E-state index contributed by atoms with van der Waals surface area (Å²) < 4.78 is 23.8. The predicted octanol–water partition coefficient (Wildman–Crippen LogP) is 3.78. The van der Waals surface area contributed by atoms with Crippen molar-refractivity contribution in [2.45, 2.75) is 24.7 Å². The maximum atomic E-state index is 11.9. The van der Waals surface area contributed by atoms with Gasteiger partial charge in [0.2, 0.25) is 0 Å². The quantitative estimate of drug-likeness (QED) is 0.396. The highest BCUT2D eigenvalue weighted by Crippen LogP contribution is 2.30. The van der Waals surface area contributed by atoms with Crippen LogP contribution in [0.4, 0.5) is 5.69 Å². The summed E-state index contributed by atoms with van der Waals surface area (Å²) in [5.74, 6) is -1.08. The molecular formula is C22H22N4O4S2. The Hall–Kier alpha value is -3.37. The molecule has 0 fully saturated rings. The molecule has 0 saturated heterocycles. The van der Waals surface area contributed by atoms with Gasteiger partial charge in [0.25, 0.3) is 0 Å². The lowest BCUT2D eigenvalue weighted by Crippen LogP contribution is -2.12. The molecule has 166 valence electrons. The van der Waals surface area contributed by atoms with Gasteiger partial charge in [-0.1, -0.05) is 55.5 Å². The van der Waals surface area contributed by atoms with Crippen LogP contribution in [0.2, 0.25) is 0 Å². The molecule has 0 aliphatic carbocycles. The monoisotopic (exact) mass is 470 g/mol. The van der Waals surface area contributed by atoms with Gasteiger partial charge in [-0.15, -0.1) is 10.2 Å². The van der Waals surface area contributed by atoms with E-state index in [0.717, 1.165) is 23.2 Å². The molecular weight excluding hydrogens is 448 g/mol. The predicted molar refractivity (Wildman–Crippen MR) is 125 cm³/mol. The molecule has 8 nitrogen and oxygen atoms in total. The van der Waals surface area contributed by atoms with Crippen molar-refractivity contribution in [3.05, 3.63) is 70.9 Å². The molecule has 0 bridgehead atoms. The Kier molecular flexibility index (Phi) is 6.85. The fourth-order valence-corrected chi connectivity index (χ4v) is 4.33. The number of carbonyl (C=O) groups is 1. The normalized spacial score (nSPS) is 12.9. The molecule has 0 spiro atoms. The molecule has 10 heteroatoms. The Morgan fingerprint density at radius 2 is 1.88 bits per heavy atom. The van der Waals surface area contributed by atoms with Crippen LogP contribution < -0.4 is 5.73 Å². The maximum absolute atomic E-state index is 11.9. The molecule has 2 aromatic carbocycles. The third-order valence-electron chi connectivity index (χ3n) is 4.49. The van der Waals surface area contributed by atoms with Crippen LogP contribution in [0.1, 0.15) is 30.3 Å². The Labute approximate surface area is 190 Å². The minimum atomic E-state index is -3.38. The number of aromatic nitrogens is 2. The number of carboxylic acid groups (broad SMARTS) is 1. The van der Waals surface area contributed by atoms with E-state index in [9.17, 15) is 18.3 Å². The van der Waals surface area contributed by atoms with E-state index in [-0.39, 0.29) is 22.2 Å². The van der Waals surface area contributed by atoms with E-state index >= 15 is 0 Å². The van der Waals surface area contributed by atoms with Crippen molar-refractivity contribution >= 4 is 38.5 Å². The minimum Gasteiger partial charge on any atom is -0.477 e. The van der Waals surface area contributed by atoms with Crippen molar-refractivity contribution in [3.8, 4) is 10.6 Å². The highest BCUT2D eigenvalue weighted by molar-refractivity contribution is 7.90. The molecule has 0 aliphatic heterocycles. The highest BCUT2D eigenvalue weighted by atomic mass is 32.2. The van der Waals surface area contributed by atoms with Gasteiger partial charge < -0.3 is 10.8 Å². The average Bonchev–Trinajstić information content (AvgIpc) is 3.23. The molecule has 0 amide bonds. The molecule has 1 aromatic heterocycles. The van der Waals surface area contributed by atoms with Crippen molar-refractivity contribution in [1.82, 2.24) is 10.2 Å². The highest BCUT2D eigenvalue weighted by Gasteiger charge is 2.16. The van der Waals surface area contributed by atoms with Gasteiger partial charge in [0, 0.05) is 11.8 Å². The average molecular weight is 471 g/mol. The number of sulfone groups is 1. The molecule has 0 aliphatic rings. The smallest absolute Gasteiger partial charge is 0.351 e. The van der Waals surface area contributed by atoms with Gasteiger partial charge in [0.15, 0.2) is 14.8 Å². The third kappa shape index (κ3) is 5.45. The first-order valence-electron chi connectivity index (χ1n) is 9.58. The van der Waals surface area contributed by atoms with Gasteiger partial charge >= 0.3 is 5.97 Å². The Morgan fingerprint density at radius 3 is 2.53 bits per heavy atom. The number of nitrogens with zero attached hydrogens (tertiary/aromatic N) is 3. The zero-order valence-corrected chi connectivity index (χ0v) is 19.3. The second-order valence-corrected chi connectivity index (χ2v) is 10.3. The van der Waals surface area contributed by atoms with E-state index in [2.05, 4.69) is 15.2 Å². The number of allylic oxidation sites excluding steroid dienone is 1. The zero-order chi connectivity index (χ0) is 23.5. The summed E-state index contributed by atoms with van der Waals surface area (Å²) in [6.07, 6.45) is 2.38. The standard InChI is InChI=1S/C22H22N4O4S2/c1-13(2)16-9-4-5-10-18(16)24-19(12-17(23)22(27)28)21-26-25-20(31-21)14-7-6-8-15(11-14)32(3,29)30/h4-13H,23H2,1-3H3,(H,27,28). The summed E-state index contributed by atoms with van der Waals surface area (Å²) in [5.41, 5.74) is 7.76.